The first-order chi connectivity index (χ1) is 14.5. The lowest BCUT2D eigenvalue weighted by molar-refractivity contribution is -0.136. The predicted molar refractivity (Wildman–Crippen MR) is 118 cm³/mol. The van der Waals surface area contributed by atoms with Gasteiger partial charge in [0.25, 0.3) is 0 Å². The molecular formula is C25H20ClNO3. The summed E-state index contributed by atoms with van der Waals surface area (Å²) in [6, 6.07) is 22.0. The Morgan fingerprint density at radius 3 is 2.37 bits per heavy atom. The summed E-state index contributed by atoms with van der Waals surface area (Å²) in [6.07, 6.45) is 1.73. The number of nitriles is 1. The van der Waals surface area contributed by atoms with Crippen molar-refractivity contribution < 1.29 is 14.3 Å². The number of aryl methyl sites for hydroxylation is 2. The number of carbonyl (C=O) groups is 1. The SMILES string of the molecule is Cc1cccc(C)c1OCC(=O)Oc1cccc(/C=C(/C#N)c2ccc(Cl)cc2)c1. The van der Waals surface area contributed by atoms with Gasteiger partial charge < -0.3 is 9.47 Å². The van der Waals surface area contributed by atoms with E-state index in [-0.39, 0.29) is 6.61 Å². The average molecular weight is 418 g/mol. The largest absolute Gasteiger partial charge is 0.481 e. The molecule has 0 atom stereocenters. The first-order valence-electron chi connectivity index (χ1n) is 9.34. The van der Waals surface area contributed by atoms with Crippen molar-refractivity contribution in [2.24, 2.45) is 0 Å². The molecule has 0 amide bonds. The van der Waals surface area contributed by atoms with Gasteiger partial charge in [0.05, 0.1) is 11.6 Å². The van der Waals surface area contributed by atoms with Crippen molar-refractivity contribution in [3.8, 4) is 17.6 Å². The molecule has 30 heavy (non-hydrogen) atoms. The van der Waals surface area contributed by atoms with E-state index in [1.165, 1.54) is 0 Å². The molecule has 0 aromatic heterocycles. The first kappa shape index (κ1) is 21.2. The van der Waals surface area contributed by atoms with Crippen LogP contribution in [0, 0.1) is 25.2 Å². The van der Waals surface area contributed by atoms with E-state index in [2.05, 4.69) is 6.07 Å². The maximum absolute atomic E-state index is 12.2. The highest BCUT2D eigenvalue weighted by Gasteiger charge is 2.10. The molecule has 0 heterocycles. The molecule has 0 radical (unpaired) electrons. The molecular weight excluding hydrogens is 398 g/mol. The zero-order valence-electron chi connectivity index (χ0n) is 16.7. The van der Waals surface area contributed by atoms with E-state index < -0.39 is 5.97 Å². The van der Waals surface area contributed by atoms with Crippen LogP contribution in [0.2, 0.25) is 5.02 Å². The van der Waals surface area contributed by atoms with Gasteiger partial charge in [-0.2, -0.15) is 5.26 Å². The van der Waals surface area contributed by atoms with Gasteiger partial charge in [0, 0.05) is 5.02 Å². The molecule has 3 aromatic carbocycles. The molecule has 0 saturated carbocycles. The maximum atomic E-state index is 12.2. The van der Waals surface area contributed by atoms with Gasteiger partial charge in [-0.15, -0.1) is 0 Å². The second-order valence-electron chi connectivity index (χ2n) is 6.73. The van der Waals surface area contributed by atoms with Crippen LogP contribution in [0.4, 0.5) is 0 Å². The molecule has 3 rings (SSSR count). The number of carbonyl (C=O) groups excluding carboxylic acids is 1. The van der Waals surface area contributed by atoms with Crippen LogP contribution in [0.5, 0.6) is 11.5 Å². The van der Waals surface area contributed by atoms with E-state index in [0.29, 0.717) is 22.1 Å². The Labute approximate surface area is 180 Å². The zero-order valence-corrected chi connectivity index (χ0v) is 17.4. The van der Waals surface area contributed by atoms with Gasteiger partial charge in [-0.25, -0.2) is 4.79 Å². The normalized spacial score (nSPS) is 10.9. The summed E-state index contributed by atoms with van der Waals surface area (Å²) in [4.78, 5) is 12.2. The molecule has 0 unspecified atom stereocenters. The number of hydrogen-bond donors (Lipinski definition) is 0. The van der Waals surface area contributed by atoms with Crippen LogP contribution in [-0.4, -0.2) is 12.6 Å². The predicted octanol–water partition coefficient (Wildman–Crippen LogP) is 6.01. The summed E-state index contributed by atoms with van der Waals surface area (Å²) in [5.74, 6) is 0.567. The third-order valence-electron chi connectivity index (χ3n) is 4.42. The van der Waals surface area contributed by atoms with Crippen molar-refractivity contribution in [3.63, 3.8) is 0 Å². The summed E-state index contributed by atoms with van der Waals surface area (Å²) in [7, 11) is 0. The van der Waals surface area contributed by atoms with Crippen molar-refractivity contribution in [2.75, 3.05) is 6.61 Å². The monoisotopic (exact) mass is 417 g/mol. The quantitative estimate of drug-likeness (QED) is 0.213. The number of esters is 1. The molecule has 0 spiro atoms. The van der Waals surface area contributed by atoms with E-state index in [1.54, 1.807) is 48.5 Å². The smallest absolute Gasteiger partial charge is 0.349 e. The molecule has 0 bridgehead atoms. The Morgan fingerprint density at radius 1 is 1.03 bits per heavy atom. The van der Waals surface area contributed by atoms with Gasteiger partial charge in [-0.05, 0) is 66.4 Å². The van der Waals surface area contributed by atoms with Gasteiger partial charge >= 0.3 is 5.97 Å². The molecule has 0 N–H and O–H groups in total. The number of benzene rings is 3. The van der Waals surface area contributed by atoms with Gasteiger partial charge in [-0.1, -0.05) is 54.1 Å². The lowest BCUT2D eigenvalue weighted by atomic mass is 10.0. The molecule has 4 nitrogen and oxygen atoms in total. The Balaban J connectivity index is 1.70. The van der Waals surface area contributed by atoms with Crippen LogP contribution in [-0.2, 0) is 4.79 Å². The van der Waals surface area contributed by atoms with Gasteiger partial charge in [0.15, 0.2) is 6.61 Å². The lowest BCUT2D eigenvalue weighted by Gasteiger charge is -2.11. The maximum Gasteiger partial charge on any atom is 0.349 e. The van der Waals surface area contributed by atoms with Crippen LogP contribution < -0.4 is 9.47 Å². The third-order valence-corrected chi connectivity index (χ3v) is 4.67. The molecule has 0 aliphatic rings. The van der Waals surface area contributed by atoms with E-state index in [0.717, 1.165) is 22.3 Å². The topological polar surface area (TPSA) is 59.3 Å². The third kappa shape index (κ3) is 5.50. The fourth-order valence-electron chi connectivity index (χ4n) is 2.96. The average Bonchev–Trinajstić information content (AvgIpc) is 2.73. The lowest BCUT2D eigenvalue weighted by Crippen LogP contribution is -2.18. The highest BCUT2D eigenvalue weighted by Crippen LogP contribution is 2.24. The van der Waals surface area contributed by atoms with Gasteiger partial charge in [0.1, 0.15) is 11.5 Å². The van der Waals surface area contributed by atoms with Crippen molar-refractivity contribution in [2.45, 2.75) is 13.8 Å². The van der Waals surface area contributed by atoms with Crippen molar-refractivity contribution in [1.82, 2.24) is 0 Å². The zero-order chi connectivity index (χ0) is 21.5. The van der Waals surface area contributed by atoms with Crippen molar-refractivity contribution >= 4 is 29.2 Å². The summed E-state index contributed by atoms with van der Waals surface area (Å²) >= 11 is 5.91. The molecule has 5 heteroatoms. The van der Waals surface area contributed by atoms with Crippen LogP contribution in [0.25, 0.3) is 11.6 Å². The first-order valence-corrected chi connectivity index (χ1v) is 9.71. The second-order valence-corrected chi connectivity index (χ2v) is 7.17. The Kier molecular flexibility index (Phi) is 6.90. The van der Waals surface area contributed by atoms with Crippen molar-refractivity contribution in [1.29, 1.82) is 5.26 Å². The molecule has 150 valence electrons. The van der Waals surface area contributed by atoms with Crippen molar-refractivity contribution in [3.05, 3.63) is 94.0 Å². The summed E-state index contributed by atoms with van der Waals surface area (Å²) in [6.45, 7) is 3.66. The molecule has 3 aromatic rings. The fraction of sp³-hybridized carbons (Fsp3) is 0.120. The number of halogens is 1. The van der Waals surface area contributed by atoms with Gasteiger partial charge in [0.2, 0.25) is 0 Å². The molecule has 0 fully saturated rings. The minimum atomic E-state index is -0.503. The number of ether oxygens (including phenoxy) is 2. The van der Waals surface area contributed by atoms with E-state index in [9.17, 15) is 10.1 Å². The molecule has 0 aliphatic heterocycles. The second kappa shape index (κ2) is 9.78. The minimum Gasteiger partial charge on any atom is -0.481 e. The van der Waals surface area contributed by atoms with Crippen LogP contribution in [0.3, 0.4) is 0 Å². The number of allylic oxidation sites excluding steroid dienone is 1. The summed E-state index contributed by atoms with van der Waals surface area (Å²) in [5, 5.41) is 10.1. The number of para-hydroxylation sites is 1. The molecule has 0 saturated heterocycles. The van der Waals surface area contributed by atoms with Crippen LogP contribution in [0.15, 0.2) is 66.7 Å². The van der Waals surface area contributed by atoms with Crippen LogP contribution in [0.1, 0.15) is 22.3 Å². The number of rotatable bonds is 6. The van der Waals surface area contributed by atoms with Crippen LogP contribution >= 0.6 is 11.6 Å². The minimum absolute atomic E-state index is 0.194. The summed E-state index contributed by atoms with van der Waals surface area (Å²) < 4.78 is 11.0. The van der Waals surface area contributed by atoms with Gasteiger partial charge in [-0.3, -0.25) is 0 Å². The summed E-state index contributed by atoms with van der Waals surface area (Å²) in [5.41, 5.74) is 3.89. The standard InChI is InChI=1S/C25H20ClNO3/c1-17-5-3-6-18(2)25(17)29-16-24(28)30-23-8-4-7-19(14-23)13-21(15-27)20-9-11-22(26)12-10-20/h3-14H,16H2,1-2H3/b21-13-. The highest BCUT2D eigenvalue weighted by molar-refractivity contribution is 6.30. The van der Waals surface area contributed by atoms with E-state index in [4.69, 9.17) is 21.1 Å². The fourth-order valence-corrected chi connectivity index (χ4v) is 3.09. The number of hydrogen-bond acceptors (Lipinski definition) is 4. The Morgan fingerprint density at radius 2 is 1.70 bits per heavy atom. The Hall–Kier alpha value is -3.55. The molecule has 0 aliphatic carbocycles. The highest BCUT2D eigenvalue weighted by atomic mass is 35.5. The van der Waals surface area contributed by atoms with E-state index >= 15 is 0 Å². The number of nitrogens with zero attached hydrogens (tertiary/aromatic N) is 1. The Bertz CT molecular complexity index is 1110. The van der Waals surface area contributed by atoms with E-state index in [1.807, 2.05) is 38.1 Å².